The first kappa shape index (κ1) is 33.5. The standard InChI is InChI=1S/C34H52N2O4/c1-31(2,3)23-17-13-15-21(19-23)25(33(7,8)9)27(37)29(39)35-36-30(40)28(38)26(34(10,11)12)22-16-14-18-24(20-22)32(4,5)6/h13-20,25-28,37-38H,1-12H3,(H,35,39)(H,36,40). The predicted molar refractivity (Wildman–Crippen MR) is 163 cm³/mol. The molecule has 0 fully saturated rings. The minimum atomic E-state index is -1.42. The van der Waals surface area contributed by atoms with Crippen LogP contribution in [0.15, 0.2) is 48.5 Å². The Morgan fingerprint density at radius 3 is 1.12 bits per heavy atom. The van der Waals surface area contributed by atoms with Crippen molar-refractivity contribution in [1.29, 1.82) is 0 Å². The molecule has 0 bridgehead atoms. The molecule has 2 aromatic carbocycles. The second-order valence-electron chi connectivity index (χ2n) is 15.3. The topological polar surface area (TPSA) is 98.7 Å². The van der Waals surface area contributed by atoms with E-state index in [1.807, 2.05) is 90.1 Å². The summed E-state index contributed by atoms with van der Waals surface area (Å²) in [6.45, 7) is 24.5. The first-order chi connectivity index (χ1) is 18.0. The molecule has 222 valence electrons. The Morgan fingerprint density at radius 1 is 0.575 bits per heavy atom. The van der Waals surface area contributed by atoms with Crippen molar-refractivity contribution in [3.8, 4) is 0 Å². The SMILES string of the molecule is CC(C)(C)c1cccc(C(C(O)C(=O)NNC(=O)C(O)C(c2cccc(C(C)(C)C)c2)C(C)(C)C)C(C)(C)C)c1. The number of carbonyl (C=O) groups is 2. The fraction of sp³-hybridized carbons (Fsp3) is 0.588. The van der Waals surface area contributed by atoms with E-state index in [-0.39, 0.29) is 10.8 Å². The third kappa shape index (κ3) is 8.40. The highest BCUT2D eigenvalue weighted by Crippen LogP contribution is 2.40. The smallest absolute Gasteiger partial charge is 0.267 e. The van der Waals surface area contributed by atoms with Crippen LogP contribution in [0.4, 0.5) is 0 Å². The summed E-state index contributed by atoms with van der Waals surface area (Å²) in [5.41, 5.74) is 7.57. The summed E-state index contributed by atoms with van der Waals surface area (Å²) in [4.78, 5) is 26.3. The molecule has 0 aliphatic heterocycles. The molecule has 0 radical (unpaired) electrons. The van der Waals surface area contributed by atoms with E-state index >= 15 is 0 Å². The lowest BCUT2D eigenvalue weighted by Gasteiger charge is -2.36. The van der Waals surface area contributed by atoms with Crippen LogP contribution in [0.2, 0.25) is 0 Å². The fourth-order valence-corrected chi connectivity index (χ4v) is 5.28. The Bertz CT molecular complexity index is 1080. The number of hydrogen-bond donors (Lipinski definition) is 4. The summed E-state index contributed by atoms with van der Waals surface area (Å²) in [6.07, 6.45) is -2.84. The van der Waals surface area contributed by atoms with Gasteiger partial charge < -0.3 is 10.2 Å². The molecule has 0 saturated carbocycles. The van der Waals surface area contributed by atoms with E-state index in [1.54, 1.807) is 0 Å². The zero-order chi connectivity index (χ0) is 30.8. The van der Waals surface area contributed by atoms with Crippen LogP contribution in [0.25, 0.3) is 0 Å². The van der Waals surface area contributed by atoms with Crippen LogP contribution in [0.1, 0.15) is 117 Å². The van der Waals surface area contributed by atoms with Crippen molar-refractivity contribution >= 4 is 11.8 Å². The van der Waals surface area contributed by atoms with E-state index in [0.29, 0.717) is 0 Å². The van der Waals surface area contributed by atoms with Gasteiger partial charge in [0.1, 0.15) is 12.2 Å². The molecular formula is C34H52N2O4. The Morgan fingerprint density at radius 2 is 0.875 bits per heavy atom. The molecule has 2 rings (SSSR count). The van der Waals surface area contributed by atoms with Gasteiger partial charge in [0, 0.05) is 11.8 Å². The molecule has 0 aromatic heterocycles. The molecule has 6 nitrogen and oxygen atoms in total. The van der Waals surface area contributed by atoms with Crippen LogP contribution in [0.5, 0.6) is 0 Å². The van der Waals surface area contributed by atoms with Gasteiger partial charge in [-0.15, -0.1) is 0 Å². The Kier molecular flexibility index (Phi) is 10.1. The molecule has 4 atom stereocenters. The van der Waals surface area contributed by atoms with E-state index in [2.05, 4.69) is 52.4 Å². The Labute approximate surface area is 241 Å². The summed E-state index contributed by atoms with van der Waals surface area (Å²) in [5, 5.41) is 22.4. The van der Waals surface area contributed by atoms with E-state index in [4.69, 9.17) is 0 Å². The molecule has 0 spiro atoms. The number of carbonyl (C=O) groups excluding carboxylic acids is 2. The summed E-state index contributed by atoms with van der Waals surface area (Å²) in [5.74, 6) is -2.52. The molecule has 4 N–H and O–H groups in total. The summed E-state index contributed by atoms with van der Waals surface area (Å²) in [6, 6.07) is 15.9. The molecule has 2 aromatic rings. The largest absolute Gasteiger partial charge is 0.383 e. The fourth-order valence-electron chi connectivity index (χ4n) is 5.28. The number of aliphatic hydroxyl groups excluding tert-OH is 2. The molecule has 0 heterocycles. The van der Waals surface area contributed by atoms with Crippen LogP contribution in [-0.4, -0.2) is 34.2 Å². The second kappa shape index (κ2) is 12.0. The average Bonchev–Trinajstić information content (AvgIpc) is 2.80. The summed E-state index contributed by atoms with van der Waals surface area (Å²) >= 11 is 0. The molecule has 0 aliphatic rings. The minimum absolute atomic E-state index is 0.0915. The Balaban J connectivity index is 2.26. The minimum Gasteiger partial charge on any atom is -0.383 e. The highest BCUT2D eigenvalue weighted by molar-refractivity contribution is 5.87. The molecule has 2 amide bonds. The van der Waals surface area contributed by atoms with Crippen molar-refractivity contribution in [1.82, 2.24) is 10.9 Å². The van der Waals surface area contributed by atoms with Gasteiger partial charge in [-0.3, -0.25) is 20.4 Å². The number of aliphatic hydroxyl groups is 2. The monoisotopic (exact) mass is 552 g/mol. The molecule has 0 aliphatic carbocycles. The average molecular weight is 553 g/mol. The van der Waals surface area contributed by atoms with Crippen molar-refractivity contribution in [3.63, 3.8) is 0 Å². The number of benzene rings is 2. The van der Waals surface area contributed by atoms with Crippen molar-refractivity contribution < 1.29 is 19.8 Å². The molecule has 6 heteroatoms. The van der Waals surface area contributed by atoms with Gasteiger partial charge >= 0.3 is 0 Å². The quantitative estimate of drug-likeness (QED) is 0.325. The normalized spacial score (nSPS) is 16.1. The highest BCUT2D eigenvalue weighted by atomic mass is 16.3. The van der Waals surface area contributed by atoms with Crippen molar-refractivity contribution in [3.05, 3.63) is 70.8 Å². The van der Waals surface area contributed by atoms with Crippen LogP contribution in [0.3, 0.4) is 0 Å². The highest BCUT2D eigenvalue weighted by Gasteiger charge is 2.39. The molecule has 4 unspecified atom stereocenters. The number of hydrazine groups is 1. The van der Waals surface area contributed by atoms with Gasteiger partial charge in [-0.05, 0) is 43.9 Å². The summed E-state index contributed by atoms with van der Waals surface area (Å²) in [7, 11) is 0. The lowest BCUT2D eigenvalue weighted by molar-refractivity contribution is -0.140. The van der Waals surface area contributed by atoms with Gasteiger partial charge in [0.15, 0.2) is 0 Å². The van der Waals surface area contributed by atoms with Crippen LogP contribution >= 0.6 is 0 Å². The van der Waals surface area contributed by atoms with Gasteiger partial charge in [0.05, 0.1) is 0 Å². The Hall–Kier alpha value is -2.70. The number of rotatable bonds is 6. The molecule has 0 saturated heterocycles. The maximum atomic E-state index is 13.1. The lowest BCUT2D eigenvalue weighted by Crippen LogP contribution is -2.53. The van der Waals surface area contributed by atoms with Gasteiger partial charge in [0.2, 0.25) is 0 Å². The van der Waals surface area contributed by atoms with Crippen LogP contribution in [-0.2, 0) is 20.4 Å². The number of amides is 2. The maximum absolute atomic E-state index is 13.1. The summed E-state index contributed by atoms with van der Waals surface area (Å²) < 4.78 is 0. The van der Waals surface area contributed by atoms with E-state index in [9.17, 15) is 19.8 Å². The predicted octanol–water partition coefficient (Wildman–Crippen LogP) is 6.11. The van der Waals surface area contributed by atoms with Crippen LogP contribution < -0.4 is 10.9 Å². The number of nitrogens with one attached hydrogen (secondary N) is 2. The van der Waals surface area contributed by atoms with Crippen molar-refractivity contribution in [2.75, 3.05) is 0 Å². The second-order valence-corrected chi connectivity index (χ2v) is 15.3. The zero-order valence-corrected chi connectivity index (χ0v) is 26.6. The van der Waals surface area contributed by atoms with Gasteiger partial charge in [-0.2, -0.15) is 0 Å². The first-order valence-corrected chi connectivity index (χ1v) is 14.2. The molecule has 40 heavy (non-hydrogen) atoms. The zero-order valence-electron chi connectivity index (χ0n) is 26.6. The third-order valence-corrected chi connectivity index (χ3v) is 7.57. The lowest BCUT2D eigenvalue weighted by atomic mass is 9.72. The first-order valence-electron chi connectivity index (χ1n) is 14.2. The van der Waals surface area contributed by atoms with Crippen molar-refractivity contribution in [2.45, 2.75) is 118 Å². The van der Waals surface area contributed by atoms with Gasteiger partial charge in [-0.25, -0.2) is 0 Å². The maximum Gasteiger partial charge on any atom is 0.267 e. The number of hydrogen-bond acceptors (Lipinski definition) is 4. The van der Waals surface area contributed by atoms with Gasteiger partial charge in [-0.1, -0.05) is 132 Å². The van der Waals surface area contributed by atoms with E-state index in [0.717, 1.165) is 22.3 Å². The van der Waals surface area contributed by atoms with Gasteiger partial charge in [0.25, 0.3) is 11.8 Å². The van der Waals surface area contributed by atoms with E-state index in [1.165, 1.54) is 0 Å². The van der Waals surface area contributed by atoms with E-state index < -0.39 is 46.7 Å². The van der Waals surface area contributed by atoms with Crippen molar-refractivity contribution in [2.24, 2.45) is 10.8 Å². The third-order valence-electron chi connectivity index (χ3n) is 7.57. The van der Waals surface area contributed by atoms with Crippen LogP contribution in [0, 0.1) is 10.8 Å². The molecular weight excluding hydrogens is 500 g/mol.